The summed E-state index contributed by atoms with van der Waals surface area (Å²) in [6, 6.07) is 1.50. The average Bonchev–Trinajstić information content (AvgIpc) is 3.79. The largest absolute Gasteiger partial charge is 0.364 e. The number of allylic oxidation sites excluding steroid dienone is 25. The van der Waals surface area contributed by atoms with E-state index >= 15 is 0 Å². The molecule has 284 valence electrons. The SMILES string of the molecule is C1=CCC(C2=CCC(N3C4=C(C=CCC4)C4C=C(C5CC=C(C6C=C7C(=CC6)N(C6=CC=CC(C8=CCCC=C8)C6)C6C=CC=CC76)CC5)CCC43)C=C2)C=C1. The summed E-state index contributed by atoms with van der Waals surface area (Å²) in [7, 11) is 0. The maximum atomic E-state index is 2.89. The quantitative estimate of drug-likeness (QED) is 0.251. The molecule has 0 N–H and O–H groups in total. The van der Waals surface area contributed by atoms with Gasteiger partial charge in [0.1, 0.15) is 0 Å². The monoisotopic (exact) mass is 734 g/mol. The van der Waals surface area contributed by atoms with Crippen molar-refractivity contribution in [2.45, 2.75) is 102 Å². The van der Waals surface area contributed by atoms with Crippen LogP contribution in [0.3, 0.4) is 0 Å². The summed E-state index contributed by atoms with van der Waals surface area (Å²) >= 11 is 0. The average molecular weight is 735 g/mol. The normalized spacial score (nSPS) is 36.6. The van der Waals surface area contributed by atoms with E-state index in [9.17, 15) is 0 Å². The Morgan fingerprint density at radius 3 is 2.32 bits per heavy atom. The maximum Gasteiger partial charge on any atom is 0.0626 e. The lowest BCUT2D eigenvalue weighted by atomic mass is 9.73. The minimum Gasteiger partial charge on any atom is -0.364 e. The third kappa shape index (κ3) is 6.14. The maximum absolute atomic E-state index is 2.89. The van der Waals surface area contributed by atoms with E-state index in [2.05, 4.69) is 150 Å². The van der Waals surface area contributed by atoms with Crippen LogP contribution in [0.25, 0.3) is 0 Å². The van der Waals surface area contributed by atoms with Crippen LogP contribution in [-0.2, 0) is 0 Å². The number of rotatable bonds is 6. The highest BCUT2D eigenvalue weighted by Crippen LogP contribution is 2.52. The van der Waals surface area contributed by atoms with Crippen molar-refractivity contribution in [3.8, 4) is 0 Å². The second kappa shape index (κ2) is 14.7. The highest BCUT2D eigenvalue weighted by atomic mass is 15.2. The van der Waals surface area contributed by atoms with Crippen molar-refractivity contribution in [2.75, 3.05) is 0 Å². The Morgan fingerprint density at radius 1 is 0.571 bits per heavy atom. The predicted molar refractivity (Wildman–Crippen MR) is 233 cm³/mol. The van der Waals surface area contributed by atoms with Gasteiger partial charge in [-0.05, 0) is 118 Å². The van der Waals surface area contributed by atoms with Gasteiger partial charge in [0.15, 0.2) is 0 Å². The smallest absolute Gasteiger partial charge is 0.0626 e. The molecule has 0 aromatic carbocycles. The van der Waals surface area contributed by atoms with Crippen molar-refractivity contribution in [1.82, 2.24) is 9.80 Å². The summed E-state index contributed by atoms with van der Waals surface area (Å²) in [5, 5.41) is 0. The zero-order valence-electron chi connectivity index (χ0n) is 33.1. The third-order valence-electron chi connectivity index (χ3n) is 15.1. The molecule has 1 saturated heterocycles. The molecule has 11 rings (SSSR count). The van der Waals surface area contributed by atoms with Gasteiger partial charge in [-0.2, -0.15) is 0 Å². The van der Waals surface area contributed by atoms with E-state index in [4.69, 9.17) is 0 Å². The Hall–Kier alpha value is -4.56. The molecule has 0 bridgehead atoms. The van der Waals surface area contributed by atoms with Crippen molar-refractivity contribution in [2.24, 2.45) is 35.5 Å². The molecular formula is C54H58N2. The Bertz CT molecular complexity index is 2150. The third-order valence-corrected chi connectivity index (χ3v) is 15.1. The molecule has 9 aliphatic carbocycles. The van der Waals surface area contributed by atoms with Gasteiger partial charge in [0.25, 0.3) is 0 Å². The number of likely N-dealkylation sites (tertiary alicyclic amines) is 1. The van der Waals surface area contributed by atoms with E-state index in [1.165, 1.54) is 80.3 Å². The van der Waals surface area contributed by atoms with Gasteiger partial charge in [-0.15, -0.1) is 0 Å². The number of hydrogen-bond donors (Lipinski definition) is 0. The fourth-order valence-electron chi connectivity index (χ4n) is 12.3. The molecule has 0 spiro atoms. The van der Waals surface area contributed by atoms with Crippen LogP contribution in [0.15, 0.2) is 190 Å². The molecule has 0 aromatic rings. The van der Waals surface area contributed by atoms with E-state index in [1.54, 1.807) is 28.0 Å². The minimum absolute atomic E-state index is 0.387. The molecule has 1 fully saturated rings. The van der Waals surface area contributed by atoms with Crippen LogP contribution in [-0.4, -0.2) is 27.9 Å². The van der Waals surface area contributed by atoms with Gasteiger partial charge in [-0.1, -0.05) is 145 Å². The topological polar surface area (TPSA) is 6.48 Å². The van der Waals surface area contributed by atoms with Crippen LogP contribution < -0.4 is 0 Å². The molecule has 2 heterocycles. The first-order valence-electron chi connectivity index (χ1n) is 22.4. The second-order valence-corrected chi connectivity index (χ2v) is 18.1. The molecule has 0 radical (unpaired) electrons. The van der Waals surface area contributed by atoms with Crippen molar-refractivity contribution >= 4 is 0 Å². The van der Waals surface area contributed by atoms with Crippen molar-refractivity contribution in [1.29, 1.82) is 0 Å². The first-order chi connectivity index (χ1) is 27.8. The van der Waals surface area contributed by atoms with Gasteiger partial charge < -0.3 is 9.80 Å². The molecule has 0 saturated carbocycles. The van der Waals surface area contributed by atoms with Gasteiger partial charge in [0.05, 0.1) is 12.1 Å². The van der Waals surface area contributed by atoms with E-state index in [-0.39, 0.29) is 0 Å². The van der Waals surface area contributed by atoms with E-state index in [0.29, 0.717) is 53.6 Å². The Morgan fingerprint density at radius 2 is 1.46 bits per heavy atom. The van der Waals surface area contributed by atoms with Crippen LogP contribution in [0.1, 0.15) is 83.5 Å². The standard InChI is InChI=1S/C54H58N2/c1-3-12-37(13-4-1)39-26-30-45(31-27-39)55-51-20-9-7-18-47(51)49-35-43(28-32-53(49)55)40-22-24-41(25-23-40)44-29-33-54-50(36-44)48-19-8-10-21-52(48)56(54)46-17-11-16-42(34-46)38-14-5-2-6-15-38/h1,3-5,7-8,10-12,14-19,21,24,26-27,30,33,35-37,40,42,44-45,48-49,52-53H,2,6,9,13,20,22-23,25,28-29,31-32,34H2. The highest BCUT2D eigenvalue weighted by molar-refractivity contribution is 5.52. The Kier molecular flexibility index (Phi) is 9.13. The van der Waals surface area contributed by atoms with Crippen molar-refractivity contribution in [3.63, 3.8) is 0 Å². The predicted octanol–water partition coefficient (Wildman–Crippen LogP) is 12.7. The summed E-state index contributed by atoms with van der Waals surface area (Å²) in [5.74, 6) is 3.28. The van der Waals surface area contributed by atoms with E-state index in [1.807, 2.05) is 0 Å². The fraction of sp³-hybridized carbons (Fsp3) is 0.407. The summed E-state index contributed by atoms with van der Waals surface area (Å²) < 4.78 is 0. The number of hydrogen-bond acceptors (Lipinski definition) is 2. The zero-order valence-corrected chi connectivity index (χ0v) is 33.1. The molecule has 0 amide bonds. The van der Waals surface area contributed by atoms with Gasteiger partial charge in [-0.3, -0.25) is 0 Å². The van der Waals surface area contributed by atoms with Crippen molar-refractivity contribution in [3.05, 3.63) is 190 Å². The molecule has 9 unspecified atom stereocenters. The summed E-state index contributed by atoms with van der Waals surface area (Å²) in [5.41, 5.74) is 14.3. The first-order valence-corrected chi connectivity index (χ1v) is 22.4. The molecular weight excluding hydrogens is 677 g/mol. The lowest BCUT2D eigenvalue weighted by Crippen LogP contribution is -2.42. The Balaban J connectivity index is 0.783. The summed E-state index contributed by atoms with van der Waals surface area (Å²) in [6.07, 6.45) is 71.8. The second-order valence-electron chi connectivity index (χ2n) is 18.1. The van der Waals surface area contributed by atoms with Gasteiger partial charge >= 0.3 is 0 Å². The van der Waals surface area contributed by atoms with E-state index in [0.717, 1.165) is 25.7 Å². The van der Waals surface area contributed by atoms with Gasteiger partial charge in [0, 0.05) is 52.7 Å². The van der Waals surface area contributed by atoms with Crippen LogP contribution >= 0.6 is 0 Å². The fourth-order valence-corrected chi connectivity index (χ4v) is 12.3. The first kappa shape index (κ1) is 34.7. The molecule has 2 heteroatoms. The molecule has 56 heavy (non-hydrogen) atoms. The van der Waals surface area contributed by atoms with E-state index < -0.39 is 0 Å². The Labute approximate surface area is 336 Å². The number of fused-ring (bicyclic) bond motifs is 5. The van der Waals surface area contributed by atoms with Crippen LogP contribution in [0.5, 0.6) is 0 Å². The van der Waals surface area contributed by atoms with Crippen LogP contribution in [0.2, 0.25) is 0 Å². The summed E-state index contributed by atoms with van der Waals surface area (Å²) in [4.78, 5) is 5.61. The van der Waals surface area contributed by atoms with Gasteiger partial charge in [-0.25, -0.2) is 0 Å². The lowest BCUT2D eigenvalue weighted by molar-refractivity contribution is 0.191. The van der Waals surface area contributed by atoms with Crippen LogP contribution in [0, 0.1) is 35.5 Å². The molecule has 0 aromatic heterocycles. The van der Waals surface area contributed by atoms with Gasteiger partial charge in [0.2, 0.25) is 0 Å². The minimum atomic E-state index is 0.387. The molecule has 11 aliphatic rings. The molecule has 2 nitrogen and oxygen atoms in total. The number of nitrogens with zero attached hydrogens (tertiary/aromatic N) is 2. The zero-order chi connectivity index (χ0) is 37.0. The van der Waals surface area contributed by atoms with Crippen molar-refractivity contribution < 1.29 is 0 Å². The van der Waals surface area contributed by atoms with Crippen LogP contribution in [0.4, 0.5) is 0 Å². The summed E-state index contributed by atoms with van der Waals surface area (Å²) in [6.45, 7) is 0. The lowest BCUT2D eigenvalue weighted by Gasteiger charge is -2.41. The molecule has 9 atom stereocenters. The molecule has 2 aliphatic heterocycles. The highest BCUT2D eigenvalue weighted by Gasteiger charge is 2.45.